The summed E-state index contributed by atoms with van der Waals surface area (Å²) < 4.78 is 0. The average Bonchev–Trinajstić information content (AvgIpc) is 2.17. The summed E-state index contributed by atoms with van der Waals surface area (Å²) in [6.07, 6.45) is 0. The van der Waals surface area contributed by atoms with E-state index in [9.17, 15) is 0 Å². The smallest absolute Gasteiger partial charge is 0.101 e. The molecule has 0 aliphatic carbocycles. The van der Waals surface area contributed by atoms with E-state index in [1.807, 2.05) is 6.07 Å². The van der Waals surface area contributed by atoms with Crippen molar-refractivity contribution in [2.75, 3.05) is 25.0 Å². The van der Waals surface area contributed by atoms with E-state index in [1.54, 1.807) is 32.4 Å². The zero-order valence-electron chi connectivity index (χ0n) is 7.61. The highest BCUT2D eigenvalue weighted by molar-refractivity contribution is 5.72. The highest BCUT2D eigenvalue weighted by Crippen LogP contribution is 2.24. The zero-order valence-corrected chi connectivity index (χ0v) is 7.61. The predicted molar refractivity (Wildman–Crippen MR) is 51.0 cm³/mol. The second-order valence-electron chi connectivity index (χ2n) is 2.53. The molecule has 0 amide bonds. The van der Waals surface area contributed by atoms with E-state index in [1.165, 1.54) is 5.06 Å². The van der Waals surface area contributed by atoms with Gasteiger partial charge in [-0.1, -0.05) is 6.07 Å². The van der Waals surface area contributed by atoms with Gasteiger partial charge in [0.25, 0.3) is 0 Å². The number of nitrogen functional groups attached to an aromatic ring is 1. The first-order chi connectivity index (χ1) is 6.20. The van der Waals surface area contributed by atoms with E-state index in [4.69, 9.17) is 15.8 Å². The van der Waals surface area contributed by atoms with E-state index in [-0.39, 0.29) is 0 Å². The summed E-state index contributed by atoms with van der Waals surface area (Å²) in [5.74, 6) is 0. The predicted octanol–water partition coefficient (Wildman–Crippen LogP) is 1.14. The van der Waals surface area contributed by atoms with Crippen LogP contribution in [0.15, 0.2) is 18.2 Å². The Hall–Kier alpha value is -1.73. The molecule has 1 rings (SSSR count). The molecule has 0 fully saturated rings. The highest BCUT2D eigenvalue weighted by atomic mass is 16.7. The van der Waals surface area contributed by atoms with E-state index < -0.39 is 0 Å². The third kappa shape index (κ3) is 1.71. The first-order valence-electron chi connectivity index (χ1n) is 3.77. The molecule has 2 N–H and O–H groups in total. The van der Waals surface area contributed by atoms with Crippen molar-refractivity contribution in [3.05, 3.63) is 23.8 Å². The van der Waals surface area contributed by atoms with Crippen LogP contribution < -0.4 is 10.8 Å². The Morgan fingerprint density at radius 3 is 2.77 bits per heavy atom. The average molecular weight is 177 g/mol. The van der Waals surface area contributed by atoms with Crippen molar-refractivity contribution in [3.8, 4) is 6.07 Å². The number of benzene rings is 1. The van der Waals surface area contributed by atoms with Crippen LogP contribution in [0.25, 0.3) is 0 Å². The molecule has 4 heteroatoms. The second-order valence-corrected chi connectivity index (χ2v) is 2.53. The fourth-order valence-corrected chi connectivity index (χ4v) is 1.02. The number of hydroxylamine groups is 1. The van der Waals surface area contributed by atoms with Crippen LogP contribution in [-0.4, -0.2) is 14.2 Å². The first kappa shape index (κ1) is 9.36. The molecule has 0 aromatic heterocycles. The van der Waals surface area contributed by atoms with Crippen LogP contribution in [0.1, 0.15) is 5.56 Å². The Balaban J connectivity index is 3.17. The molecular formula is C9H11N3O. The lowest BCUT2D eigenvalue weighted by Crippen LogP contribution is -2.16. The van der Waals surface area contributed by atoms with E-state index in [0.29, 0.717) is 16.9 Å². The van der Waals surface area contributed by atoms with Gasteiger partial charge in [-0.15, -0.1) is 0 Å². The Morgan fingerprint density at radius 2 is 2.23 bits per heavy atom. The van der Waals surface area contributed by atoms with Crippen molar-refractivity contribution >= 4 is 11.4 Å². The molecule has 0 bridgehead atoms. The van der Waals surface area contributed by atoms with Gasteiger partial charge in [-0.2, -0.15) is 5.26 Å². The van der Waals surface area contributed by atoms with Crippen LogP contribution in [0, 0.1) is 11.3 Å². The maximum absolute atomic E-state index is 8.71. The monoisotopic (exact) mass is 177 g/mol. The van der Waals surface area contributed by atoms with Crippen molar-refractivity contribution in [3.63, 3.8) is 0 Å². The van der Waals surface area contributed by atoms with Gasteiger partial charge in [-0.25, -0.2) is 0 Å². The first-order valence-corrected chi connectivity index (χ1v) is 3.77. The topological polar surface area (TPSA) is 62.3 Å². The summed E-state index contributed by atoms with van der Waals surface area (Å²) in [5.41, 5.74) is 7.32. The third-order valence-electron chi connectivity index (χ3n) is 1.82. The summed E-state index contributed by atoms with van der Waals surface area (Å²) in [4.78, 5) is 4.96. The van der Waals surface area contributed by atoms with Crippen LogP contribution in [0.2, 0.25) is 0 Å². The van der Waals surface area contributed by atoms with E-state index in [0.717, 1.165) is 0 Å². The largest absolute Gasteiger partial charge is 0.396 e. The number of anilines is 2. The Bertz CT molecular complexity index is 343. The normalized spacial score (nSPS) is 9.31. The molecule has 0 aliphatic heterocycles. The van der Waals surface area contributed by atoms with Crippen molar-refractivity contribution in [1.82, 2.24) is 0 Å². The minimum Gasteiger partial charge on any atom is -0.396 e. The van der Waals surface area contributed by atoms with Crippen LogP contribution >= 0.6 is 0 Å². The lowest BCUT2D eigenvalue weighted by atomic mass is 10.1. The molecule has 13 heavy (non-hydrogen) atoms. The summed E-state index contributed by atoms with van der Waals surface area (Å²) in [5, 5.41) is 10.2. The molecule has 0 saturated heterocycles. The molecule has 0 spiro atoms. The van der Waals surface area contributed by atoms with Crippen LogP contribution in [-0.2, 0) is 4.84 Å². The molecule has 0 atom stereocenters. The summed E-state index contributed by atoms with van der Waals surface area (Å²) in [6, 6.07) is 7.23. The zero-order chi connectivity index (χ0) is 9.84. The maximum atomic E-state index is 8.71. The van der Waals surface area contributed by atoms with Gasteiger partial charge in [0.2, 0.25) is 0 Å². The number of nitrogens with two attached hydrogens (primary N) is 1. The Morgan fingerprint density at radius 1 is 1.54 bits per heavy atom. The third-order valence-corrected chi connectivity index (χ3v) is 1.82. The van der Waals surface area contributed by atoms with E-state index in [2.05, 4.69) is 0 Å². The van der Waals surface area contributed by atoms with Crippen LogP contribution in [0.5, 0.6) is 0 Å². The lowest BCUT2D eigenvalue weighted by molar-refractivity contribution is 0.185. The van der Waals surface area contributed by atoms with E-state index >= 15 is 0 Å². The van der Waals surface area contributed by atoms with Gasteiger partial charge in [0.1, 0.15) is 6.07 Å². The molecule has 0 radical (unpaired) electrons. The fraction of sp³-hybridized carbons (Fsp3) is 0.222. The van der Waals surface area contributed by atoms with Gasteiger partial charge in [0.15, 0.2) is 0 Å². The molecule has 0 unspecified atom stereocenters. The Labute approximate surface area is 77.1 Å². The number of nitrogens with zero attached hydrogens (tertiary/aromatic N) is 2. The van der Waals surface area contributed by atoms with Gasteiger partial charge in [0.05, 0.1) is 24.0 Å². The van der Waals surface area contributed by atoms with Crippen LogP contribution in [0.4, 0.5) is 11.4 Å². The number of rotatable bonds is 2. The fourth-order valence-electron chi connectivity index (χ4n) is 1.02. The molecule has 4 nitrogen and oxygen atoms in total. The molecule has 0 aliphatic rings. The number of para-hydroxylation sites is 1. The summed E-state index contributed by atoms with van der Waals surface area (Å²) >= 11 is 0. The second kappa shape index (κ2) is 3.78. The SMILES string of the molecule is CON(C)c1cccc(C#N)c1N. The van der Waals surface area contributed by atoms with Gasteiger partial charge < -0.3 is 5.73 Å². The minimum absolute atomic E-state index is 0.439. The molecule has 1 aromatic rings. The van der Waals surface area contributed by atoms with Gasteiger partial charge >= 0.3 is 0 Å². The van der Waals surface area contributed by atoms with Gasteiger partial charge in [-0.05, 0) is 12.1 Å². The standard InChI is InChI=1S/C9H11N3O/c1-12(13-2)8-5-3-4-7(6-10)9(8)11/h3-5H,11H2,1-2H3. The number of hydrogen-bond donors (Lipinski definition) is 1. The molecule has 1 aromatic carbocycles. The highest BCUT2D eigenvalue weighted by Gasteiger charge is 2.07. The molecule has 0 heterocycles. The van der Waals surface area contributed by atoms with Crippen molar-refractivity contribution in [2.45, 2.75) is 0 Å². The minimum atomic E-state index is 0.439. The maximum Gasteiger partial charge on any atom is 0.101 e. The number of hydrogen-bond acceptors (Lipinski definition) is 4. The summed E-state index contributed by atoms with van der Waals surface area (Å²) in [6.45, 7) is 0. The van der Waals surface area contributed by atoms with Crippen LogP contribution in [0.3, 0.4) is 0 Å². The molecule has 68 valence electrons. The van der Waals surface area contributed by atoms with Crippen molar-refractivity contribution in [1.29, 1.82) is 5.26 Å². The quantitative estimate of drug-likeness (QED) is 0.543. The van der Waals surface area contributed by atoms with Gasteiger partial charge in [-0.3, -0.25) is 9.90 Å². The molecule has 0 saturated carbocycles. The lowest BCUT2D eigenvalue weighted by Gasteiger charge is -2.17. The Kier molecular flexibility index (Phi) is 2.72. The van der Waals surface area contributed by atoms with Gasteiger partial charge in [0, 0.05) is 7.05 Å². The number of nitriles is 1. The summed E-state index contributed by atoms with van der Waals surface area (Å²) in [7, 11) is 3.27. The van der Waals surface area contributed by atoms with Crippen molar-refractivity contribution < 1.29 is 4.84 Å². The van der Waals surface area contributed by atoms with Crippen molar-refractivity contribution in [2.24, 2.45) is 0 Å². The molecular weight excluding hydrogens is 166 g/mol.